The van der Waals surface area contributed by atoms with Crippen LogP contribution in [0.1, 0.15) is 12.0 Å². The first-order valence-corrected chi connectivity index (χ1v) is 8.35. The minimum Gasteiger partial charge on any atom is -0.396 e. The van der Waals surface area contributed by atoms with Crippen molar-refractivity contribution in [3.05, 3.63) is 59.9 Å². The van der Waals surface area contributed by atoms with Gasteiger partial charge in [-0.3, -0.25) is 4.31 Å². The van der Waals surface area contributed by atoms with Crippen LogP contribution in [0.5, 0.6) is 0 Å². The van der Waals surface area contributed by atoms with E-state index < -0.39 is 15.8 Å². The molecule has 0 amide bonds. The number of sulfonamides is 1. The highest BCUT2D eigenvalue weighted by atomic mass is 32.2. The van der Waals surface area contributed by atoms with E-state index in [4.69, 9.17) is 5.11 Å². The van der Waals surface area contributed by atoms with Gasteiger partial charge >= 0.3 is 0 Å². The zero-order valence-electron chi connectivity index (χ0n) is 12.2. The van der Waals surface area contributed by atoms with Crippen LogP contribution >= 0.6 is 0 Å². The van der Waals surface area contributed by atoms with Crippen molar-refractivity contribution < 1.29 is 17.9 Å². The van der Waals surface area contributed by atoms with Crippen molar-refractivity contribution in [1.29, 1.82) is 0 Å². The van der Waals surface area contributed by atoms with Gasteiger partial charge in [-0.1, -0.05) is 18.2 Å². The fourth-order valence-corrected chi connectivity index (χ4v) is 3.93. The first-order valence-electron chi connectivity index (χ1n) is 6.91. The molecule has 0 saturated carbocycles. The summed E-state index contributed by atoms with van der Waals surface area (Å²) >= 11 is 0. The van der Waals surface area contributed by atoms with Gasteiger partial charge in [-0.15, -0.1) is 0 Å². The summed E-state index contributed by atoms with van der Waals surface area (Å²) in [5, 5.41) is 9.02. The minimum absolute atomic E-state index is 0.0655. The summed E-state index contributed by atoms with van der Waals surface area (Å²) in [6.07, 6.45) is 0.314. The number of para-hydroxylation sites is 1. The summed E-state index contributed by atoms with van der Waals surface area (Å²) in [5.74, 6) is -0.474. The Morgan fingerprint density at radius 3 is 2.41 bits per heavy atom. The van der Waals surface area contributed by atoms with Crippen molar-refractivity contribution in [3.63, 3.8) is 0 Å². The number of halogens is 1. The zero-order valence-corrected chi connectivity index (χ0v) is 13.1. The number of aliphatic hydroxyl groups excluding tert-OH is 1. The molecule has 2 rings (SSSR count). The van der Waals surface area contributed by atoms with Crippen LogP contribution in [0.4, 0.5) is 10.1 Å². The quantitative estimate of drug-likeness (QED) is 0.889. The molecule has 0 aliphatic rings. The van der Waals surface area contributed by atoms with Gasteiger partial charge in [0.05, 0.1) is 10.6 Å². The van der Waals surface area contributed by atoms with Crippen LogP contribution in [-0.4, -0.2) is 26.7 Å². The van der Waals surface area contributed by atoms with E-state index >= 15 is 0 Å². The third kappa shape index (κ3) is 3.45. The molecule has 0 saturated heterocycles. The fourth-order valence-electron chi connectivity index (χ4n) is 2.22. The third-order valence-corrected chi connectivity index (χ3v) is 5.26. The van der Waals surface area contributed by atoms with E-state index in [0.29, 0.717) is 17.7 Å². The summed E-state index contributed by atoms with van der Waals surface area (Å²) in [7, 11) is -3.82. The Balaban J connectivity index is 2.49. The Hall–Kier alpha value is -1.92. The molecule has 2 aromatic carbocycles. The van der Waals surface area contributed by atoms with Crippen LogP contribution in [0.15, 0.2) is 53.4 Å². The molecule has 0 bridgehead atoms. The lowest BCUT2D eigenvalue weighted by atomic mass is 10.2. The first-order chi connectivity index (χ1) is 10.5. The molecular formula is C16H18FNO3S. The molecule has 6 heteroatoms. The number of nitrogens with zero attached hydrogens (tertiary/aromatic N) is 1. The second kappa shape index (κ2) is 6.89. The molecule has 0 heterocycles. The number of rotatable bonds is 6. The Morgan fingerprint density at radius 2 is 1.82 bits per heavy atom. The first kappa shape index (κ1) is 16.5. The monoisotopic (exact) mass is 323 g/mol. The zero-order chi connectivity index (χ0) is 16.2. The van der Waals surface area contributed by atoms with Crippen LogP contribution in [0.2, 0.25) is 0 Å². The number of aliphatic hydroxyl groups is 1. The van der Waals surface area contributed by atoms with Crippen molar-refractivity contribution in [3.8, 4) is 0 Å². The standard InChI is InChI=1S/C16H18FNO3S/c1-13-12-14(17)8-9-16(13)22(20,21)18(10-5-11-19)15-6-3-2-4-7-15/h2-4,6-9,12,19H,5,10-11H2,1H3. The Morgan fingerprint density at radius 1 is 1.14 bits per heavy atom. The maximum atomic E-state index is 13.2. The number of aryl methyl sites for hydroxylation is 1. The van der Waals surface area contributed by atoms with Crippen molar-refractivity contribution >= 4 is 15.7 Å². The number of benzene rings is 2. The number of hydrogen-bond donors (Lipinski definition) is 1. The van der Waals surface area contributed by atoms with E-state index in [-0.39, 0.29) is 18.0 Å². The molecule has 1 N–H and O–H groups in total. The molecule has 0 spiro atoms. The lowest BCUT2D eigenvalue weighted by molar-refractivity contribution is 0.291. The topological polar surface area (TPSA) is 57.6 Å². The second-order valence-electron chi connectivity index (χ2n) is 4.90. The predicted molar refractivity (Wildman–Crippen MR) is 83.8 cm³/mol. The molecule has 4 nitrogen and oxygen atoms in total. The van der Waals surface area contributed by atoms with Crippen molar-refractivity contribution in [2.45, 2.75) is 18.2 Å². The van der Waals surface area contributed by atoms with Gasteiger partial charge in [-0.05, 0) is 49.2 Å². The number of anilines is 1. The molecule has 0 atom stereocenters. The van der Waals surface area contributed by atoms with Gasteiger partial charge in [0.1, 0.15) is 5.82 Å². The fraction of sp³-hybridized carbons (Fsp3) is 0.250. The van der Waals surface area contributed by atoms with Gasteiger partial charge in [0.25, 0.3) is 10.0 Å². The third-order valence-electron chi connectivity index (χ3n) is 3.27. The van der Waals surface area contributed by atoms with Crippen LogP contribution in [0.25, 0.3) is 0 Å². The van der Waals surface area contributed by atoms with Crippen LogP contribution in [0.3, 0.4) is 0 Å². The largest absolute Gasteiger partial charge is 0.396 e. The van der Waals surface area contributed by atoms with Gasteiger partial charge in [0, 0.05) is 13.2 Å². The summed E-state index contributed by atoms with van der Waals surface area (Å²) < 4.78 is 40.2. The molecule has 0 aliphatic heterocycles. The van der Waals surface area contributed by atoms with E-state index in [1.807, 2.05) is 0 Å². The van der Waals surface area contributed by atoms with Crippen LogP contribution < -0.4 is 4.31 Å². The van der Waals surface area contributed by atoms with E-state index in [1.54, 1.807) is 37.3 Å². The molecular weight excluding hydrogens is 305 g/mol. The average molecular weight is 323 g/mol. The molecule has 2 aromatic rings. The molecule has 0 radical (unpaired) electrons. The maximum Gasteiger partial charge on any atom is 0.264 e. The lowest BCUT2D eigenvalue weighted by Crippen LogP contribution is -2.33. The average Bonchev–Trinajstić information content (AvgIpc) is 2.48. The molecule has 0 unspecified atom stereocenters. The number of hydrogen-bond acceptors (Lipinski definition) is 3. The van der Waals surface area contributed by atoms with E-state index in [0.717, 1.165) is 6.07 Å². The highest BCUT2D eigenvalue weighted by Gasteiger charge is 2.26. The van der Waals surface area contributed by atoms with Gasteiger partial charge in [0.2, 0.25) is 0 Å². The summed E-state index contributed by atoms with van der Waals surface area (Å²) in [5.41, 5.74) is 0.865. The highest BCUT2D eigenvalue weighted by molar-refractivity contribution is 7.92. The predicted octanol–water partition coefficient (Wildman–Crippen LogP) is 2.71. The second-order valence-corrected chi connectivity index (χ2v) is 6.73. The maximum absolute atomic E-state index is 13.2. The van der Waals surface area contributed by atoms with Crippen LogP contribution in [-0.2, 0) is 10.0 Å². The van der Waals surface area contributed by atoms with E-state index in [2.05, 4.69) is 0 Å². The molecule has 22 heavy (non-hydrogen) atoms. The van der Waals surface area contributed by atoms with Crippen molar-refractivity contribution in [2.24, 2.45) is 0 Å². The smallest absolute Gasteiger partial charge is 0.264 e. The van der Waals surface area contributed by atoms with Crippen molar-refractivity contribution in [1.82, 2.24) is 0 Å². The van der Waals surface area contributed by atoms with Crippen molar-refractivity contribution in [2.75, 3.05) is 17.5 Å². The lowest BCUT2D eigenvalue weighted by Gasteiger charge is -2.25. The van der Waals surface area contributed by atoms with Gasteiger partial charge in [0.15, 0.2) is 0 Å². The van der Waals surface area contributed by atoms with Gasteiger partial charge < -0.3 is 5.11 Å². The Kier molecular flexibility index (Phi) is 5.15. The SMILES string of the molecule is Cc1cc(F)ccc1S(=O)(=O)N(CCCO)c1ccccc1. The van der Waals surface area contributed by atoms with E-state index in [9.17, 15) is 12.8 Å². The van der Waals surface area contributed by atoms with Crippen LogP contribution in [0, 0.1) is 12.7 Å². The summed E-state index contributed by atoms with van der Waals surface area (Å²) in [6.45, 7) is 1.60. The van der Waals surface area contributed by atoms with E-state index in [1.165, 1.54) is 16.4 Å². The minimum atomic E-state index is -3.82. The van der Waals surface area contributed by atoms with Gasteiger partial charge in [-0.2, -0.15) is 0 Å². The molecule has 0 aromatic heterocycles. The summed E-state index contributed by atoms with van der Waals surface area (Å²) in [4.78, 5) is 0.0655. The Labute approximate surface area is 129 Å². The summed E-state index contributed by atoms with van der Waals surface area (Å²) in [6, 6.07) is 12.3. The van der Waals surface area contributed by atoms with Gasteiger partial charge in [-0.25, -0.2) is 12.8 Å². The molecule has 118 valence electrons. The molecule has 0 aliphatic carbocycles. The Bertz CT molecular complexity index is 732. The molecule has 0 fully saturated rings. The highest BCUT2D eigenvalue weighted by Crippen LogP contribution is 2.26. The normalized spacial score (nSPS) is 11.4.